The first-order chi connectivity index (χ1) is 9.53. The standard InChI is InChI=1S/C13H21N3O3S/c1-3-20(17,18)16(2)11-4-5-13(15-10-11)19-12-6-8-14-9-7-12/h4-5,10,12,14H,3,6-9H2,1-2H3. The molecule has 7 heteroatoms. The first kappa shape index (κ1) is 15.1. The Balaban J connectivity index is 2.02. The Bertz CT molecular complexity index is 524. The molecule has 2 heterocycles. The molecular weight excluding hydrogens is 278 g/mol. The van der Waals surface area contributed by atoms with Crippen LogP contribution in [0.4, 0.5) is 5.69 Å². The van der Waals surface area contributed by atoms with Crippen LogP contribution in [0.2, 0.25) is 0 Å². The van der Waals surface area contributed by atoms with Crippen molar-refractivity contribution in [3.05, 3.63) is 18.3 Å². The van der Waals surface area contributed by atoms with E-state index in [4.69, 9.17) is 4.74 Å². The van der Waals surface area contributed by atoms with E-state index < -0.39 is 10.0 Å². The second-order valence-corrected chi connectivity index (χ2v) is 7.08. The zero-order chi connectivity index (χ0) is 14.6. The highest BCUT2D eigenvalue weighted by molar-refractivity contribution is 7.92. The van der Waals surface area contributed by atoms with Crippen LogP contribution in [-0.2, 0) is 10.0 Å². The largest absolute Gasteiger partial charge is 0.474 e. The Hall–Kier alpha value is -1.34. The molecule has 1 N–H and O–H groups in total. The first-order valence-electron chi connectivity index (χ1n) is 6.83. The molecule has 0 atom stereocenters. The third kappa shape index (κ3) is 3.61. The zero-order valence-electron chi connectivity index (χ0n) is 11.9. The van der Waals surface area contributed by atoms with E-state index >= 15 is 0 Å². The maximum absolute atomic E-state index is 11.8. The van der Waals surface area contributed by atoms with E-state index in [1.54, 1.807) is 19.1 Å². The quantitative estimate of drug-likeness (QED) is 0.878. The number of pyridine rings is 1. The summed E-state index contributed by atoms with van der Waals surface area (Å²) in [5.74, 6) is 0.611. The van der Waals surface area contributed by atoms with E-state index in [9.17, 15) is 8.42 Å². The van der Waals surface area contributed by atoms with E-state index in [2.05, 4.69) is 10.3 Å². The molecule has 1 aliphatic heterocycles. The molecule has 0 unspecified atom stereocenters. The van der Waals surface area contributed by atoms with Crippen molar-refractivity contribution in [1.82, 2.24) is 10.3 Å². The molecule has 20 heavy (non-hydrogen) atoms. The van der Waals surface area contributed by atoms with Gasteiger partial charge in [0.1, 0.15) is 6.10 Å². The number of aromatic nitrogens is 1. The minimum atomic E-state index is -3.25. The van der Waals surface area contributed by atoms with Gasteiger partial charge < -0.3 is 10.1 Å². The van der Waals surface area contributed by atoms with Crippen molar-refractivity contribution >= 4 is 15.7 Å². The van der Waals surface area contributed by atoms with Crippen LogP contribution in [0.3, 0.4) is 0 Å². The van der Waals surface area contributed by atoms with E-state index in [1.807, 2.05) is 0 Å². The summed E-state index contributed by atoms with van der Waals surface area (Å²) in [5, 5.41) is 3.27. The van der Waals surface area contributed by atoms with Crippen molar-refractivity contribution < 1.29 is 13.2 Å². The van der Waals surface area contributed by atoms with E-state index in [0.29, 0.717) is 11.6 Å². The molecular formula is C13H21N3O3S. The molecule has 1 fully saturated rings. The summed E-state index contributed by atoms with van der Waals surface area (Å²) in [4.78, 5) is 4.19. The third-order valence-corrected chi connectivity index (χ3v) is 5.21. The summed E-state index contributed by atoms with van der Waals surface area (Å²) in [6.07, 6.45) is 3.65. The Kier molecular flexibility index (Phi) is 4.82. The maximum atomic E-state index is 11.8. The lowest BCUT2D eigenvalue weighted by molar-refractivity contribution is 0.156. The van der Waals surface area contributed by atoms with Gasteiger partial charge >= 0.3 is 0 Å². The van der Waals surface area contributed by atoms with Gasteiger partial charge in [-0.25, -0.2) is 13.4 Å². The van der Waals surface area contributed by atoms with Gasteiger partial charge in [0.2, 0.25) is 15.9 Å². The normalized spacial score (nSPS) is 16.9. The Morgan fingerprint density at radius 1 is 1.40 bits per heavy atom. The lowest BCUT2D eigenvalue weighted by atomic mass is 10.1. The number of nitrogens with one attached hydrogen (secondary N) is 1. The van der Waals surface area contributed by atoms with Crippen molar-refractivity contribution in [3.63, 3.8) is 0 Å². The second-order valence-electron chi connectivity index (χ2n) is 4.79. The van der Waals surface area contributed by atoms with Gasteiger partial charge in [-0.05, 0) is 38.9 Å². The number of nitrogens with zero attached hydrogens (tertiary/aromatic N) is 2. The lowest BCUT2D eigenvalue weighted by Crippen LogP contribution is -2.34. The van der Waals surface area contributed by atoms with Crippen molar-refractivity contribution in [2.24, 2.45) is 0 Å². The molecule has 0 spiro atoms. The van der Waals surface area contributed by atoms with Gasteiger partial charge in [0.25, 0.3) is 0 Å². The molecule has 6 nitrogen and oxygen atoms in total. The molecule has 0 aromatic carbocycles. The summed E-state index contributed by atoms with van der Waals surface area (Å²) in [5.41, 5.74) is 0.546. The maximum Gasteiger partial charge on any atom is 0.234 e. The molecule has 0 bridgehead atoms. The SMILES string of the molecule is CCS(=O)(=O)N(C)c1ccc(OC2CCNCC2)nc1. The van der Waals surface area contributed by atoms with Crippen molar-refractivity contribution in [2.75, 3.05) is 30.2 Å². The number of anilines is 1. The predicted octanol–water partition coefficient (Wildman–Crippen LogP) is 0.998. The zero-order valence-corrected chi connectivity index (χ0v) is 12.7. The van der Waals surface area contributed by atoms with Gasteiger partial charge in [-0.3, -0.25) is 4.31 Å². The fourth-order valence-corrected chi connectivity index (χ4v) is 2.88. The van der Waals surface area contributed by atoms with E-state index in [-0.39, 0.29) is 11.9 Å². The van der Waals surface area contributed by atoms with Gasteiger partial charge in [-0.15, -0.1) is 0 Å². The predicted molar refractivity (Wildman–Crippen MR) is 78.6 cm³/mol. The van der Waals surface area contributed by atoms with Crippen LogP contribution in [0.15, 0.2) is 18.3 Å². The summed E-state index contributed by atoms with van der Waals surface area (Å²) in [6, 6.07) is 3.44. The average Bonchev–Trinajstić information content (AvgIpc) is 2.48. The molecule has 0 saturated carbocycles. The van der Waals surface area contributed by atoms with Crippen LogP contribution in [0.1, 0.15) is 19.8 Å². The Morgan fingerprint density at radius 3 is 2.65 bits per heavy atom. The molecule has 1 aliphatic rings. The fraction of sp³-hybridized carbons (Fsp3) is 0.615. The molecule has 0 amide bonds. The van der Waals surface area contributed by atoms with Gasteiger partial charge in [0, 0.05) is 13.1 Å². The number of hydrogen-bond acceptors (Lipinski definition) is 5. The molecule has 1 aromatic rings. The monoisotopic (exact) mass is 299 g/mol. The molecule has 2 rings (SSSR count). The molecule has 1 aromatic heterocycles. The van der Waals surface area contributed by atoms with Crippen LogP contribution >= 0.6 is 0 Å². The topological polar surface area (TPSA) is 71.5 Å². The summed E-state index contributed by atoms with van der Waals surface area (Å²) >= 11 is 0. The third-order valence-electron chi connectivity index (χ3n) is 3.44. The Labute approximate surface area is 120 Å². The average molecular weight is 299 g/mol. The number of ether oxygens (including phenoxy) is 1. The summed E-state index contributed by atoms with van der Waals surface area (Å²) in [7, 11) is -1.72. The molecule has 0 radical (unpaired) electrons. The van der Waals surface area contributed by atoms with Crippen LogP contribution in [0.25, 0.3) is 0 Å². The molecule has 1 saturated heterocycles. The molecule has 0 aliphatic carbocycles. The van der Waals surface area contributed by atoms with Crippen LogP contribution in [-0.4, -0.2) is 45.4 Å². The van der Waals surface area contributed by atoms with Crippen molar-refractivity contribution in [3.8, 4) is 5.88 Å². The molecule has 112 valence electrons. The van der Waals surface area contributed by atoms with Crippen molar-refractivity contribution in [2.45, 2.75) is 25.9 Å². The highest BCUT2D eigenvalue weighted by Crippen LogP contribution is 2.20. The van der Waals surface area contributed by atoms with Crippen LogP contribution < -0.4 is 14.4 Å². The summed E-state index contributed by atoms with van der Waals surface area (Å²) in [6.45, 7) is 3.54. The van der Waals surface area contributed by atoms with Crippen molar-refractivity contribution in [1.29, 1.82) is 0 Å². The van der Waals surface area contributed by atoms with Gasteiger partial charge in [0.05, 0.1) is 17.6 Å². The van der Waals surface area contributed by atoms with Gasteiger partial charge in [-0.2, -0.15) is 0 Å². The van der Waals surface area contributed by atoms with Gasteiger partial charge in [-0.1, -0.05) is 0 Å². The van der Waals surface area contributed by atoms with E-state index in [1.165, 1.54) is 17.5 Å². The highest BCUT2D eigenvalue weighted by Gasteiger charge is 2.17. The number of hydrogen-bond donors (Lipinski definition) is 1. The smallest absolute Gasteiger partial charge is 0.234 e. The fourth-order valence-electron chi connectivity index (χ4n) is 2.07. The number of sulfonamides is 1. The number of piperidine rings is 1. The van der Waals surface area contributed by atoms with Crippen LogP contribution in [0, 0.1) is 0 Å². The van der Waals surface area contributed by atoms with Gasteiger partial charge in [0.15, 0.2) is 0 Å². The highest BCUT2D eigenvalue weighted by atomic mass is 32.2. The Morgan fingerprint density at radius 2 is 2.10 bits per heavy atom. The van der Waals surface area contributed by atoms with E-state index in [0.717, 1.165) is 25.9 Å². The number of rotatable bonds is 5. The van der Waals surface area contributed by atoms with Crippen LogP contribution in [0.5, 0.6) is 5.88 Å². The minimum absolute atomic E-state index is 0.0663. The lowest BCUT2D eigenvalue weighted by Gasteiger charge is -2.23. The summed E-state index contributed by atoms with van der Waals surface area (Å²) < 4.78 is 30.6. The minimum Gasteiger partial charge on any atom is -0.474 e. The first-order valence-corrected chi connectivity index (χ1v) is 8.44. The second kappa shape index (κ2) is 6.41.